The number of carbonyl (C=O) groups excluding carboxylic acids is 1. The molecule has 2 heterocycles. The lowest BCUT2D eigenvalue weighted by atomic mass is 9.92. The molecule has 0 saturated carbocycles. The summed E-state index contributed by atoms with van der Waals surface area (Å²) in [7, 11) is -3.64. The normalized spacial score (nSPS) is 17.6. The largest absolute Gasteiger partial charge is 0.348 e. The highest BCUT2D eigenvalue weighted by atomic mass is 32.2. The predicted octanol–water partition coefficient (Wildman–Crippen LogP) is 2.60. The molecule has 2 N–H and O–H groups in total. The summed E-state index contributed by atoms with van der Waals surface area (Å²) < 4.78 is 30.5. The lowest BCUT2D eigenvalue weighted by molar-refractivity contribution is 0.0950. The van der Waals surface area contributed by atoms with Crippen molar-refractivity contribution in [2.45, 2.75) is 56.1 Å². The molecule has 3 aromatic rings. The highest BCUT2D eigenvalue weighted by Crippen LogP contribution is 2.25. The average molecular weight is 451 g/mol. The van der Waals surface area contributed by atoms with Crippen molar-refractivity contribution in [2.24, 2.45) is 0 Å². The Bertz CT molecular complexity index is 1250. The van der Waals surface area contributed by atoms with E-state index in [0.29, 0.717) is 30.0 Å². The molecule has 1 aliphatic carbocycles. The third kappa shape index (κ3) is 4.20. The molecule has 8 heteroatoms. The Kier molecular flexibility index (Phi) is 5.57. The molecular weight excluding hydrogens is 424 g/mol. The first-order valence-corrected chi connectivity index (χ1v) is 12.5. The topological polar surface area (TPSA) is 93.1 Å². The van der Waals surface area contributed by atoms with Crippen molar-refractivity contribution in [1.82, 2.24) is 19.8 Å². The number of rotatable bonds is 6. The zero-order valence-corrected chi connectivity index (χ0v) is 18.6. The molecule has 0 radical (unpaired) electrons. The molecule has 32 heavy (non-hydrogen) atoms. The van der Waals surface area contributed by atoms with Crippen molar-refractivity contribution >= 4 is 15.9 Å². The zero-order chi connectivity index (χ0) is 22.1. The van der Waals surface area contributed by atoms with Gasteiger partial charge in [-0.15, -0.1) is 0 Å². The molecular formula is C24H26N4O3S. The summed E-state index contributed by atoms with van der Waals surface area (Å²) in [6.07, 6.45) is 6.19. The van der Waals surface area contributed by atoms with Crippen LogP contribution in [0.1, 0.15) is 45.6 Å². The van der Waals surface area contributed by atoms with Gasteiger partial charge in [0, 0.05) is 19.0 Å². The molecule has 1 atom stereocenters. The summed E-state index contributed by atoms with van der Waals surface area (Å²) in [5.41, 5.74) is 4.66. The number of aromatic nitrogens is 2. The van der Waals surface area contributed by atoms with Gasteiger partial charge >= 0.3 is 0 Å². The smallest absolute Gasteiger partial charge is 0.255 e. The van der Waals surface area contributed by atoms with Crippen molar-refractivity contribution in [1.29, 1.82) is 0 Å². The Morgan fingerprint density at radius 2 is 1.84 bits per heavy atom. The van der Waals surface area contributed by atoms with E-state index in [9.17, 15) is 13.2 Å². The number of aryl methyl sites for hydroxylation is 2. The van der Waals surface area contributed by atoms with Gasteiger partial charge in [-0.25, -0.2) is 13.1 Å². The maximum absolute atomic E-state index is 13.0. The van der Waals surface area contributed by atoms with Crippen molar-refractivity contribution in [3.8, 4) is 0 Å². The molecule has 1 aromatic heterocycles. The number of amides is 1. The van der Waals surface area contributed by atoms with Gasteiger partial charge < -0.3 is 5.32 Å². The Balaban J connectivity index is 1.25. The fraction of sp³-hybridized carbons (Fsp3) is 0.333. The van der Waals surface area contributed by atoms with Crippen molar-refractivity contribution in [3.63, 3.8) is 0 Å². The Morgan fingerprint density at radius 1 is 1.06 bits per heavy atom. The number of benzene rings is 2. The van der Waals surface area contributed by atoms with Crippen LogP contribution in [0.25, 0.3) is 0 Å². The van der Waals surface area contributed by atoms with E-state index in [1.54, 1.807) is 16.9 Å². The van der Waals surface area contributed by atoms with Crippen LogP contribution in [0.15, 0.2) is 59.6 Å². The Labute approximate surface area is 187 Å². The monoisotopic (exact) mass is 450 g/mol. The minimum absolute atomic E-state index is 0.201. The first-order chi connectivity index (χ1) is 15.5. The van der Waals surface area contributed by atoms with Crippen LogP contribution >= 0.6 is 0 Å². The molecule has 2 aromatic carbocycles. The van der Waals surface area contributed by atoms with Crippen LogP contribution < -0.4 is 10.0 Å². The fourth-order valence-corrected chi connectivity index (χ4v) is 5.87. The van der Waals surface area contributed by atoms with Gasteiger partial charge in [-0.1, -0.05) is 36.4 Å². The van der Waals surface area contributed by atoms with Crippen LogP contribution in [-0.4, -0.2) is 30.1 Å². The van der Waals surface area contributed by atoms with E-state index in [0.717, 1.165) is 42.5 Å². The number of fused-ring (bicyclic) bond motifs is 2. The minimum atomic E-state index is -3.64. The molecule has 0 fully saturated rings. The Morgan fingerprint density at radius 3 is 2.66 bits per heavy atom. The van der Waals surface area contributed by atoms with E-state index in [1.165, 1.54) is 5.56 Å². The molecule has 0 unspecified atom stereocenters. The van der Waals surface area contributed by atoms with Crippen LogP contribution in [0.2, 0.25) is 0 Å². The van der Waals surface area contributed by atoms with Crippen LogP contribution in [0, 0.1) is 0 Å². The van der Waals surface area contributed by atoms with Gasteiger partial charge in [0.25, 0.3) is 5.91 Å². The van der Waals surface area contributed by atoms with Gasteiger partial charge in [-0.3, -0.25) is 9.48 Å². The van der Waals surface area contributed by atoms with Crippen LogP contribution in [0.4, 0.5) is 0 Å². The van der Waals surface area contributed by atoms with Gasteiger partial charge in [-0.2, -0.15) is 5.10 Å². The first kappa shape index (κ1) is 20.9. The van der Waals surface area contributed by atoms with Gasteiger partial charge in [0.05, 0.1) is 28.9 Å². The van der Waals surface area contributed by atoms with Gasteiger partial charge in [0.1, 0.15) is 0 Å². The first-order valence-electron chi connectivity index (χ1n) is 11.0. The second kappa shape index (κ2) is 8.52. The van der Waals surface area contributed by atoms with E-state index < -0.39 is 10.0 Å². The number of nitrogens with one attached hydrogen (secondary N) is 2. The van der Waals surface area contributed by atoms with Gasteiger partial charge in [0.15, 0.2) is 0 Å². The summed E-state index contributed by atoms with van der Waals surface area (Å²) in [4.78, 5) is 13.0. The summed E-state index contributed by atoms with van der Waals surface area (Å²) in [5, 5.41) is 7.22. The van der Waals surface area contributed by atoms with E-state index in [2.05, 4.69) is 15.1 Å². The maximum Gasteiger partial charge on any atom is 0.255 e. The molecule has 0 saturated heterocycles. The fourth-order valence-electron chi connectivity index (χ4n) is 4.60. The van der Waals surface area contributed by atoms with E-state index in [1.807, 2.05) is 42.5 Å². The summed E-state index contributed by atoms with van der Waals surface area (Å²) >= 11 is 0. The summed E-state index contributed by atoms with van der Waals surface area (Å²) in [6.45, 7) is 0.837. The van der Waals surface area contributed by atoms with Crippen LogP contribution in [0.3, 0.4) is 0 Å². The zero-order valence-electron chi connectivity index (χ0n) is 17.8. The number of sulfonamides is 1. The molecule has 1 amide bonds. The van der Waals surface area contributed by atoms with Crippen molar-refractivity contribution in [2.75, 3.05) is 0 Å². The third-order valence-corrected chi connectivity index (χ3v) is 7.79. The standard InChI is InChI=1S/C24H26N4O3S/c29-24(25-14-17-6-2-1-3-7-17)22-15-26-28-16-20(13-23(22)28)27-32(30,31)21-11-10-18-8-4-5-9-19(18)12-21/h1-3,6-7,10-12,15,20,27H,4-5,8-9,13-14,16H2,(H,25,29)/t20-/m0/s1. The predicted molar refractivity (Wildman–Crippen MR) is 121 cm³/mol. The molecule has 0 spiro atoms. The Hall–Kier alpha value is -2.97. The van der Waals surface area contributed by atoms with Crippen LogP contribution in [-0.2, 0) is 42.4 Å². The molecule has 166 valence electrons. The van der Waals surface area contributed by atoms with Gasteiger partial charge in [0.2, 0.25) is 10.0 Å². The molecule has 1 aliphatic heterocycles. The summed E-state index contributed by atoms with van der Waals surface area (Å²) in [6, 6.07) is 14.8. The average Bonchev–Trinajstić information content (AvgIpc) is 3.37. The van der Waals surface area contributed by atoms with E-state index in [4.69, 9.17) is 0 Å². The van der Waals surface area contributed by atoms with Gasteiger partial charge in [-0.05, 0) is 54.5 Å². The quantitative estimate of drug-likeness (QED) is 0.604. The van der Waals surface area contributed by atoms with Crippen LogP contribution in [0.5, 0.6) is 0 Å². The second-order valence-electron chi connectivity index (χ2n) is 8.52. The lowest BCUT2D eigenvalue weighted by Crippen LogP contribution is -2.36. The maximum atomic E-state index is 13.0. The highest BCUT2D eigenvalue weighted by Gasteiger charge is 2.31. The lowest BCUT2D eigenvalue weighted by Gasteiger charge is -2.18. The van der Waals surface area contributed by atoms with Crippen molar-refractivity contribution < 1.29 is 13.2 Å². The number of carbonyl (C=O) groups is 1. The van der Waals surface area contributed by atoms with E-state index in [-0.39, 0.29) is 11.9 Å². The highest BCUT2D eigenvalue weighted by molar-refractivity contribution is 7.89. The second-order valence-corrected chi connectivity index (χ2v) is 10.2. The molecule has 7 nitrogen and oxygen atoms in total. The van der Waals surface area contributed by atoms with Crippen molar-refractivity contribution in [3.05, 3.63) is 82.7 Å². The number of nitrogens with zero attached hydrogens (tertiary/aromatic N) is 2. The molecule has 2 aliphatic rings. The molecule has 5 rings (SSSR count). The number of hydrogen-bond donors (Lipinski definition) is 2. The SMILES string of the molecule is O=C(NCc1ccccc1)c1cnn2c1C[C@H](NS(=O)(=O)c1ccc3c(c1)CCCC3)C2. The summed E-state index contributed by atoms with van der Waals surface area (Å²) in [5.74, 6) is -0.201. The third-order valence-electron chi connectivity index (χ3n) is 6.27. The molecule has 0 bridgehead atoms. The minimum Gasteiger partial charge on any atom is -0.348 e. The van der Waals surface area contributed by atoms with E-state index >= 15 is 0 Å². The number of hydrogen-bond acceptors (Lipinski definition) is 4.